The number of aromatic nitrogens is 1. The van der Waals surface area contributed by atoms with Gasteiger partial charge in [-0.25, -0.2) is 0 Å². The summed E-state index contributed by atoms with van der Waals surface area (Å²) in [6.45, 7) is 0. The lowest BCUT2D eigenvalue weighted by molar-refractivity contribution is 0.591. The highest BCUT2D eigenvalue weighted by molar-refractivity contribution is 9.10. The number of hydrogen-bond acceptors (Lipinski definition) is 1. The Hall–Kier alpha value is -0.800. The van der Waals surface area contributed by atoms with Crippen molar-refractivity contribution in [2.24, 2.45) is 0 Å². The van der Waals surface area contributed by atoms with E-state index in [9.17, 15) is 0 Å². The SMILES string of the molecule is CNC1Cc2[nH]c3ccc(Br)cc3c2C1. The number of rotatable bonds is 1. The van der Waals surface area contributed by atoms with Gasteiger partial charge in [-0.15, -0.1) is 0 Å². The molecule has 1 heterocycles. The number of aromatic amines is 1. The van der Waals surface area contributed by atoms with Crippen LogP contribution < -0.4 is 5.32 Å². The van der Waals surface area contributed by atoms with Crippen molar-refractivity contribution in [3.8, 4) is 0 Å². The Morgan fingerprint density at radius 2 is 2.27 bits per heavy atom. The molecule has 2 nitrogen and oxygen atoms in total. The zero-order valence-corrected chi connectivity index (χ0v) is 10.2. The highest BCUT2D eigenvalue weighted by Crippen LogP contribution is 2.31. The van der Waals surface area contributed by atoms with Crippen LogP contribution in [0.3, 0.4) is 0 Å². The maximum Gasteiger partial charge on any atom is 0.0459 e. The highest BCUT2D eigenvalue weighted by Gasteiger charge is 2.23. The molecule has 0 spiro atoms. The normalized spacial score (nSPS) is 19.7. The second-order valence-corrected chi connectivity index (χ2v) is 5.08. The standard InChI is InChI=1S/C12H13BrN2/c1-14-8-5-10-9-4-7(13)2-3-11(9)15-12(10)6-8/h2-4,8,14-15H,5-6H2,1H3. The smallest absolute Gasteiger partial charge is 0.0459 e. The molecule has 0 bridgehead atoms. The van der Waals surface area contributed by atoms with Crippen molar-refractivity contribution in [2.45, 2.75) is 18.9 Å². The molecule has 1 aromatic carbocycles. The van der Waals surface area contributed by atoms with Gasteiger partial charge < -0.3 is 10.3 Å². The largest absolute Gasteiger partial charge is 0.358 e. The number of hydrogen-bond donors (Lipinski definition) is 2. The summed E-state index contributed by atoms with van der Waals surface area (Å²) in [6.07, 6.45) is 2.26. The first-order valence-corrected chi connectivity index (χ1v) is 6.03. The van der Waals surface area contributed by atoms with Gasteiger partial charge >= 0.3 is 0 Å². The summed E-state index contributed by atoms with van der Waals surface area (Å²) in [5, 5.41) is 4.72. The number of benzene rings is 1. The van der Waals surface area contributed by atoms with Gasteiger partial charge in [0.25, 0.3) is 0 Å². The van der Waals surface area contributed by atoms with Gasteiger partial charge in [0.1, 0.15) is 0 Å². The van der Waals surface area contributed by atoms with Crippen molar-refractivity contribution in [3.63, 3.8) is 0 Å². The Morgan fingerprint density at radius 3 is 3.07 bits per heavy atom. The van der Waals surface area contributed by atoms with Crippen LogP contribution in [-0.4, -0.2) is 18.1 Å². The van der Waals surface area contributed by atoms with E-state index in [2.05, 4.69) is 44.4 Å². The maximum atomic E-state index is 3.53. The number of halogens is 1. The molecule has 0 amide bonds. The summed E-state index contributed by atoms with van der Waals surface area (Å²) in [5.74, 6) is 0. The molecule has 0 saturated carbocycles. The van der Waals surface area contributed by atoms with Crippen molar-refractivity contribution in [2.75, 3.05) is 7.05 Å². The first kappa shape index (κ1) is 9.43. The molecule has 78 valence electrons. The van der Waals surface area contributed by atoms with Crippen molar-refractivity contribution < 1.29 is 0 Å². The monoisotopic (exact) mass is 264 g/mol. The molecule has 0 radical (unpaired) electrons. The lowest BCUT2D eigenvalue weighted by atomic mass is 10.1. The van der Waals surface area contributed by atoms with Crippen molar-refractivity contribution in [3.05, 3.63) is 33.9 Å². The van der Waals surface area contributed by atoms with Crippen LogP contribution >= 0.6 is 15.9 Å². The van der Waals surface area contributed by atoms with E-state index in [-0.39, 0.29) is 0 Å². The second kappa shape index (κ2) is 3.35. The van der Waals surface area contributed by atoms with Gasteiger partial charge in [-0.2, -0.15) is 0 Å². The zero-order valence-electron chi connectivity index (χ0n) is 8.60. The van der Waals surface area contributed by atoms with E-state index >= 15 is 0 Å². The van der Waals surface area contributed by atoms with E-state index in [1.165, 1.54) is 22.2 Å². The fourth-order valence-corrected chi connectivity index (χ4v) is 2.81. The van der Waals surface area contributed by atoms with E-state index < -0.39 is 0 Å². The molecule has 3 rings (SSSR count). The Balaban J connectivity index is 2.17. The molecule has 0 aliphatic heterocycles. The van der Waals surface area contributed by atoms with E-state index in [0.717, 1.165) is 17.3 Å². The van der Waals surface area contributed by atoms with Crippen LogP contribution in [-0.2, 0) is 12.8 Å². The molecule has 1 aliphatic carbocycles. The molecule has 1 aliphatic rings. The fraction of sp³-hybridized carbons (Fsp3) is 0.333. The second-order valence-electron chi connectivity index (χ2n) is 4.17. The van der Waals surface area contributed by atoms with Crippen LogP contribution in [0.1, 0.15) is 11.3 Å². The molecular weight excluding hydrogens is 252 g/mol. The van der Waals surface area contributed by atoms with E-state index in [4.69, 9.17) is 0 Å². The lowest BCUT2D eigenvalue weighted by Crippen LogP contribution is -2.25. The van der Waals surface area contributed by atoms with Crippen LogP contribution in [0.2, 0.25) is 0 Å². The number of fused-ring (bicyclic) bond motifs is 3. The molecule has 15 heavy (non-hydrogen) atoms. The topological polar surface area (TPSA) is 27.8 Å². The van der Waals surface area contributed by atoms with Gasteiger partial charge in [0.15, 0.2) is 0 Å². The molecule has 1 aromatic heterocycles. The van der Waals surface area contributed by atoms with Gasteiger partial charge in [-0.05, 0) is 37.2 Å². The number of likely N-dealkylation sites (N-methyl/N-ethyl adjacent to an activating group) is 1. The molecule has 1 atom stereocenters. The van der Waals surface area contributed by atoms with Crippen molar-refractivity contribution in [1.82, 2.24) is 10.3 Å². The van der Waals surface area contributed by atoms with E-state index in [0.29, 0.717) is 6.04 Å². The van der Waals surface area contributed by atoms with Gasteiger partial charge in [0.2, 0.25) is 0 Å². The molecule has 0 fully saturated rings. The van der Waals surface area contributed by atoms with Gasteiger partial charge in [0, 0.05) is 33.5 Å². The molecule has 1 unspecified atom stereocenters. The van der Waals surface area contributed by atoms with Crippen molar-refractivity contribution in [1.29, 1.82) is 0 Å². The van der Waals surface area contributed by atoms with Gasteiger partial charge in [0.05, 0.1) is 0 Å². The summed E-state index contributed by atoms with van der Waals surface area (Å²) < 4.78 is 1.16. The highest BCUT2D eigenvalue weighted by atomic mass is 79.9. The average molecular weight is 265 g/mol. The van der Waals surface area contributed by atoms with Crippen LogP contribution in [0, 0.1) is 0 Å². The maximum absolute atomic E-state index is 3.53. The third kappa shape index (κ3) is 1.42. The fourth-order valence-electron chi connectivity index (χ4n) is 2.45. The zero-order chi connectivity index (χ0) is 10.4. The van der Waals surface area contributed by atoms with E-state index in [1.807, 2.05) is 7.05 Å². The first-order chi connectivity index (χ1) is 7.28. The summed E-state index contributed by atoms with van der Waals surface area (Å²) in [5.41, 5.74) is 4.16. The minimum atomic E-state index is 0.606. The minimum Gasteiger partial charge on any atom is -0.358 e. The quantitative estimate of drug-likeness (QED) is 0.815. The third-order valence-corrected chi connectivity index (χ3v) is 3.76. The van der Waals surface area contributed by atoms with Gasteiger partial charge in [-0.1, -0.05) is 15.9 Å². The Labute approximate surface area is 97.2 Å². The molecule has 2 aromatic rings. The summed E-state index contributed by atoms with van der Waals surface area (Å²) >= 11 is 3.53. The molecule has 2 N–H and O–H groups in total. The number of nitrogens with one attached hydrogen (secondary N) is 2. The van der Waals surface area contributed by atoms with Crippen LogP contribution in [0.5, 0.6) is 0 Å². The third-order valence-electron chi connectivity index (χ3n) is 3.27. The minimum absolute atomic E-state index is 0.606. The Bertz CT molecular complexity index is 516. The molecule has 0 saturated heterocycles. The molecular formula is C12H13BrN2. The predicted molar refractivity (Wildman–Crippen MR) is 66.3 cm³/mol. The Morgan fingerprint density at radius 1 is 1.40 bits per heavy atom. The lowest BCUT2D eigenvalue weighted by Gasteiger charge is -2.06. The van der Waals surface area contributed by atoms with Crippen molar-refractivity contribution >= 4 is 26.8 Å². The summed E-state index contributed by atoms with van der Waals surface area (Å²) in [4.78, 5) is 3.51. The summed E-state index contributed by atoms with van der Waals surface area (Å²) in [7, 11) is 2.04. The van der Waals surface area contributed by atoms with Crippen LogP contribution in [0.4, 0.5) is 0 Å². The van der Waals surface area contributed by atoms with Crippen LogP contribution in [0.15, 0.2) is 22.7 Å². The number of H-pyrrole nitrogens is 1. The average Bonchev–Trinajstić information content (AvgIpc) is 2.75. The van der Waals surface area contributed by atoms with Gasteiger partial charge in [-0.3, -0.25) is 0 Å². The van der Waals surface area contributed by atoms with E-state index in [1.54, 1.807) is 0 Å². The Kier molecular flexibility index (Phi) is 2.11. The van der Waals surface area contributed by atoms with Crippen LogP contribution in [0.25, 0.3) is 10.9 Å². The first-order valence-electron chi connectivity index (χ1n) is 5.24. The molecule has 3 heteroatoms. The summed E-state index contributed by atoms with van der Waals surface area (Å²) in [6, 6.07) is 7.05. The predicted octanol–water partition coefficient (Wildman–Crippen LogP) is 2.62.